The number of hydrogen-bond acceptors (Lipinski definition) is 1. The van der Waals surface area contributed by atoms with Crippen LogP contribution in [0.1, 0.15) is 32.1 Å². The van der Waals surface area contributed by atoms with Crippen LogP contribution in [0.2, 0.25) is 0 Å². The van der Waals surface area contributed by atoms with Crippen LogP contribution in [0.3, 0.4) is 0 Å². The lowest BCUT2D eigenvalue weighted by atomic mass is 9.63. The third kappa shape index (κ3) is 1.26. The number of nitrogens with one attached hydrogen (secondary N) is 1. The van der Waals surface area contributed by atoms with Gasteiger partial charge in [-0.3, -0.25) is 0 Å². The van der Waals surface area contributed by atoms with E-state index in [9.17, 15) is 13.2 Å². The third-order valence-corrected chi connectivity index (χ3v) is 3.54. The molecule has 0 aromatic carbocycles. The Bertz CT molecular complexity index is 190. The van der Waals surface area contributed by atoms with Gasteiger partial charge in [0, 0.05) is 6.04 Å². The summed E-state index contributed by atoms with van der Waals surface area (Å²) in [6.45, 7) is 0.752. The molecule has 0 radical (unpaired) electrons. The van der Waals surface area contributed by atoms with Crippen LogP contribution in [0.15, 0.2) is 0 Å². The molecule has 0 spiro atoms. The molecule has 0 aromatic rings. The van der Waals surface area contributed by atoms with Crippen LogP contribution >= 0.6 is 0 Å². The minimum atomic E-state index is -4.01. The Labute approximate surface area is 75.7 Å². The maximum absolute atomic E-state index is 12.8. The average Bonchev–Trinajstić information content (AvgIpc) is 2.32. The van der Waals surface area contributed by atoms with E-state index in [1.807, 2.05) is 0 Å². The molecule has 1 saturated heterocycles. The predicted octanol–water partition coefficient (Wildman–Crippen LogP) is 2.47. The zero-order chi connectivity index (χ0) is 9.53. The van der Waals surface area contributed by atoms with Crippen LogP contribution in [0.4, 0.5) is 13.2 Å². The largest absolute Gasteiger partial charge is 0.395 e. The number of rotatable bonds is 1. The molecule has 2 aliphatic rings. The molecule has 1 nitrogen and oxygen atoms in total. The maximum Gasteiger partial charge on any atom is 0.395 e. The van der Waals surface area contributed by atoms with E-state index in [1.54, 1.807) is 0 Å². The van der Waals surface area contributed by atoms with Crippen molar-refractivity contribution in [3.05, 3.63) is 0 Å². The van der Waals surface area contributed by atoms with Crippen LogP contribution < -0.4 is 5.32 Å². The van der Waals surface area contributed by atoms with Crippen LogP contribution in [-0.4, -0.2) is 18.8 Å². The zero-order valence-electron chi connectivity index (χ0n) is 7.45. The minimum absolute atomic E-state index is 0.304. The molecule has 4 heteroatoms. The molecule has 0 aromatic heterocycles. The molecule has 13 heavy (non-hydrogen) atoms. The van der Waals surface area contributed by atoms with E-state index >= 15 is 0 Å². The molecule has 1 aliphatic carbocycles. The predicted molar refractivity (Wildman–Crippen MR) is 43.4 cm³/mol. The van der Waals surface area contributed by atoms with E-state index in [0.29, 0.717) is 19.3 Å². The lowest BCUT2D eigenvalue weighted by molar-refractivity contribution is -0.260. The van der Waals surface area contributed by atoms with Crippen molar-refractivity contribution < 1.29 is 13.2 Å². The van der Waals surface area contributed by atoms with E-state index in [2.05, 4.69) is 5.32 Å². The van der Waals surface area contributed by atoms with Crippen molar-refractivity contribution in [2.45, 2.75) is 44.3 Å². The third-order valence-electron chi connectivity index (χ3n) is 3.54. The molecule has 1 unspecified atom stereocenters. The first kappa shape index (κ1) is 9.31. The molecule has 0 amide bonds. The van der Waals surface area contributed by atoms with E-state index in [4.69, 9.17) is 0 Å². The van der Waals surface area contributed by atoms with Crippen LogP contribution in [-0.2, 0) is 0 Å². The maximum atomic E-state index is 12.8. The van der Waals surface area contributed by atoms with Gasteiger partial charge < -0.3 is 5.32 Å². The van der Waals surface area contributed by atoms with E-state index < -0.39 is 11.6 Å². The fourth-order valence-corrected chi connectivity index (χ4v) is 2.54. The van der Waals surface area contributed by atoms with Gasteiger partial charge in [0.2, 0.25) is 0 Å². The Morgan fingerprint density at radius 1 is 1.15 bits per heavy atom. The minimum Gasteiger partial charge on any atom is -0.313 e. The zero-order valence-corrected chi connectivity index (χ0v) is 7.45. The first-order valence-corrected chi connectivity index (χ1v) is 4.86. The van der Waals surface area contributed by atoms with Gasteiger partial charge in [0.15, 0.2) is 0 Å². The first-order chi connectivity index (χ1) is 6.06. The second-order valence-corrected chi connectivity index (χ2v) is 4.16. The van der Waals surface area contributed by atoms with Gasteiger partial charge >= 0.3 is 6.18 Å². The van der Waals surface area contributed by atoms with Crippen LogP contribution in [0.5, 0.6) is 0 Å². The highest BCUT2D eigenvalue weighted by atomic mass is 19.4. The Morgan fingerprint density at radius 2 is 1.85 bits per heavy atom. The van der Waals surface area contributed by atoms with Gasteiger partial charge in [0.05, 0.1) is 5.41 Å². The highest BCUT2D eigenvalue weighted by Gasteiger charge is 2.62. The van der Waals surface area contributed by atoms with Crippen molar-refractivity contribution >= 4 is 0 Å². The topological polar surface area (TPSA) is 12.0 Å². The highest BCUT2D eigenvalue weighted by molar-refractivity contribution is 5.03. The average molecular weight is 193 g/mol. The molecule has 0 bridgehead atoms. The summed E-state index contributed by atoms with van der Waals surface area (Å²) in [5.74, 6) is 0. The number of alkyl halides is 3. The fraction of sp³-hybridized carbons (Fsp3) is 1.00. The summed E-state index contributed by atoms with van der Waals surface area (Å²) in [6.07, 6.45) is -1.03. The van der Waals surface area contributed by atoms with Gasteiger partial charge in [-0.1, -0.05) is 6.42 Å². The second kappa shape index (κ2) is 2.87. The molecule has 1 atom stereocenters. The lowest BCUT2D eigenvalue weighted by Gasteiger charge is -2.47. The van der Waals surface area contributed by atoms with E-state index in [0.717, 1.165) is 19.4 Å². The Balaban J connectivity index is 2.14. The van der Waals surface area contributed by atoms with Crippen molar-refractivity contribution in [1.29, 1.82) is 0 Å². The monoisotopic (exact) mass is 193 g/mol. The summed E-state index contributed by atoms with van der Waals surface area (Å²) in [5.41, 5.74) is -1.37. The number of halogens is 3. The van der Waals surface area contributed by atoms with E-state index in [-0.39, 0.29) is 6.04 Å². The molecule has 1 N–H and O–H groups in total. The molecule has 1 saturated carbocycles. The standard InChI is InChI=1S/C9H14F3N/c10-9(11,12)8(4-2-5-8)7-3-1-6-13-7/h7,13H,1-6H2. The van der Waals surface area contributed by atoms with E-state index in [1.165, 1.54) is 0 Å². The molecular weight excluding hydrogens is 179 g/mol. The smallest absolute Gasteiger partial charge is 0.313 e. The molecule has 76 valence electrons. The van der Waals surface area contributed by atoms with Crippen molar-refractivity contribution in [3.63, 3.8) is 0 Å². The summed E-state index contributed by atoms with van der Waals surface area (Å²) >= 11 is 0. The second-order valence-electron chi connectivity index (χ2n) is 4.16. The van der Waals surface area contributed by atoms with Gasteiger partial charge in [0.1, 0.15) is 0 Å². The quantitative estimate of drug-likeness (QED) is 0.674. The first-order valence-electron chi connectivity index (χ1n) is 4.86. The van der Waals surface area contributed by atoms with Crippen LogP contribution in [0, 0.1) is 5.41 Å². The van der Waals surface area contributed by atoms with Crippen LogP contribution in [0.25, 0.3) is 0 Å². The summed E-state index contributed by atoms with van der Waals surface area (Å²) in [7, 11) is 0. The van der Waals surface area contributed by atoms with Gasteiger partial charge in [-0.15, -0.1) is 0 Å². The van der Waals surface area contributed by atoms with Gasteiger partial charge in [-0.2, -0.15) is 13.2 Å². The molecule has 1 heterocycles. The Kier molecular flexibility index (Phi) is 2.06. The molecule has 2 fully saturated rings. The van der Waals surface area contributed by atoms with Gasteiger partial charge in [0.25, 0.3) is 0 Å². The molecule has 1 aliphatic heterocycles. The van der Waals surface area contributed by atoms with Gasteiger partial charge in [-0.25, -0.2) is 0 Å². The van der Waals surface area contributed by atoms with Gasteiger partial charge in [-0.05, 0) is 32.2 Å². The number of hydrogen-bond donors (Lipinski definition) is 1. The fourth-order valence-electron chi connectivity index (χ4n) is 2.54. The highest BCUT2D eigenvalue weighted by Crippen LogP contribution is 2.56. The summed E-state index contributed by atoms with van der Waals surface area (Å²) in [5, 5.41) is 2.99. The summed E-state index contributed by atoms with van der Waals surface area (Å²) in [4.78, 5) is 0. The normalized spacial score (nSPS) is 33.0. The van der Waals surface area contributed by atoms with Crippen molar-refractivity contribution in [2.24, 2.45) is 5.41 Å². The Hall–Kier alpha value is -0.250. The lowest BCUT2D eigenvalue weighted by Crippen LogP contribution is -2.55. The summed E-state index contributed by atoms with van der Waals surface area (Å²) < 4.78 is 38.3. The summed E-state index contributed by atoms with van der Waals surface area (Å²) in [6, 6.07) is -0.304. The van der Waals surface area contributed by atoms with Crippen molar-refractivity contribution in [1.82, 2.24) is 5.32 Å². The Morgan fingerprint density at radius 3 is 2.15 bits per heavy atom. The molecule has 2 rings (SSSR count). The van der Waals surface area contributed by atoms with Crippen molar-refractivity contribution in [2.75, 3.05) is 6.54 Å². The van der Waals surface area contributed by atoms with Crippen molar-refractivity contribution in [3.8, 4) is 0 Å². The molecular formula is C9H14F3N. The SMILES string of the molecule is FC(F)(F)C1(C2CCCN2)CCC1.